The van der Waals surface area contributed by atoms with E-state index in [1.165, 1.54) is 15.6 Å². The van der Waals surface area contributed by atoms with Crippen LogP contribution >= 0.6 is 50.5 Å². The van der Waals surface area contributed by atoms with Crippen LogP contribution in [0.4, 0.5) is 0 Å². The van der Waals surface area contributed by atoms with Crippen molar-refractivity contribution in [2.45, 2.75) is 17.1 Å². The Morgan fingerprint density at radius 2 is 1.88 bits per heavy atom. The van der Waals surface area contributed by atoms with Gasteiger partial charge in [0, 0.05) is 13.1 Å². The molecular formula is C16H14BrCl2NO4S2. The molecule has 1 aromatic carbocycles. The number of rotatable bonds is 4. The summed E-state index contributed by atoms with van der Waals surface area (Å²) in [6, 6.07) is 8.10. The average Bonchev–Trinajstić information content (AvgIpc) is 3.06. The minimum absolute atomic E-state index is 0.186. The number of carbonyl (C=O) groups excluding carboxylic acids is 1. The molecule has 0 spiro atoms. The fourth-order valence-electron chi connectivity index (χ4n) is 2.65. The predicted molar refractivity (Wildman–Crippen MR) is 106 cm³/mol. The van der Waals surface area contributed by atoms with Gasteiger partial charge in [0.15, 0.2) is 5.75 Å². The number of thiophene rings is 1. The Labute approximate surface area is 174 Å². The first-order chi connectivity index (χ1) is 12.3. The minimum atomic E-state index is -3.53. The van der Waals surface area contributed by atoms with Gasteiger partial charge < -0.3 is 4.74 Å². The van der Waals surface area contributed by atoms with Gasteiger partial charge in [0.2, 0.25) is 0 Å². The average molecular weight is 499 g/mol. The van der Waals surface area contributed by atoms with Gasteiger partial charge in [-0.1, -0.05) is 29.3 Å². The summed E-state index contributed by atoms with van der Waals surface area (Å²) < 4.78 is 33.0. The zero-order valence-corrected chi connectivity index (χ0v) is 18.1. The van der Waals surface area contributed by atoms with Crippen LogP contribution in [0.25, 0.3) is 0 Å². The number of nitrogens with zero attached hydrogens (tertiary/aromatic N) is 1. The lowest BCUT2D eigenvalue weighted by molar-refractivity contribution is -0.140. The Morgan fingerprint density at radius 1 is 1.19 bits per heavy atom. The van der Waals surface area contributed by atoms with Crippen molar-refractivity contribution in [3.63, 3.8) is 0 Å². The molecule has 26 heavy (non-hydrogen) atoms. The molecule has 0 amide bonds. The number of sulfonamides is 1. The number of benzene rings is 1. The van der Waals surface area contributed by atoms with E-state index in [2.05, 4.69) is 15.9 Å². The summed E-state index contributed by atoms with van der Waals surface area (Å²) >= 11 is 16.4. The van der Waals surface area contributed by atoms with Crippen LogP contribution in [0.15, 0.2) is 38.3 Å². The Bertz CT molecular complexity index is 924. The molecule has 1 aliphatic rings. The van der Waals surface area contributed by atoms with Gasteiger partial charge in [-0.05, 0) is 53.0 Å². The molecule has 1 saturated heterocycles. The van der Waals surface area contributed by atoms with Crippen LogP contribution in [-0.2, 0) is 14.8 Å². The zero-order chi connectivity index (χ0) is 18.9. The van der Waals surface area contributed by atoms with E-state index in [-0.39, 0.29) is 34.0 Å². The second-order valence-corrected chi connectivity index (χ2v) is 11.1. The molecule has 0 N–H and O–H groups in total. The number of hydrogen-bond acceptors (Lipinski definition) is 5. The molecule has 3 rings (SSSR count). The molecule has 10 heteroatoms. The third kappa shape index (κ3) is 4.26. The van der Waals surface area contributed by atoms with Gasteiger partial charge in [0.25, 0.3) is 10.0 Å². The normalized spacial score (nSPS) is 16.6. The quantitative estimate of drug-likeness (QED) is 0.447. The Hall–Kier alpha value is -0.640. The minimum Gasteiger partial charge on any atom is -0.425 e. The molecule has 2 heterocycles. The van der Waals surface area contributed by atoms with Crippen LogP contribution in [0, 0.1) is 5.92 Å². The molecule has 1 aromatic heterocycles. The summed E-state index contributed by atoms with van der Waals surface area (Å²) in [5, 5.41) is 0.491. The summed E-state index contributed by atoms with van der Waals surface area (Å²) in [7, 11) is -3.53. The molecule has 0 radical (unpaired) electrons. The van der Waals surface area contributed by atoms with Gasteiger partial charge in [-0.25, -0.2) is 8.42 Å². The molecule has 140 valence electrons. The van der Waals surface area contributed by atoms with E-state index >= 15 is 0 Å². The van der Waals surface area contributed by atoms with Crippen LogP contribution in [0.1, 0.15) is 12.8 Å². The fourth-order valence-corrected chi connectivity index (χ4v) is 6.61. The van der Waals surface area contributed by atoms with Gasteiger partial charge in [-0.15, -0.1) is 11.3 Å². The molecule has 2 aromatic rings. The third-order valence-electron chi connectivity index (χ3n) is 4.06. The first-order valence-corrected chi connectivity index (χ1v) is 11.5. The second kappa shape index (κ2) is 8.16. The highest BCUT2D eigenvalue weighted by Crippen LogP contribution is 2.34. The first kappa shape index (κ1) is 20.1. The van der Waals surface area contributed by atoms with Gasteiger partial charge in [-0.2, -0.15) is 4.31 Å². The van der Waals surface area contributed by atoms with Gasteiger partial charge in [-0.3, -0.25) is 4.79 Å². The van der Waals surface area contributed by atoms with Crippen molar-refractivity contribution in [2.24, 2.45) is 5.92 Å². The number of hydrogen-bond donors (Lipinski definition) is 0. The van der Waals surface area contributed by atoms with Crippen LogP contribution in [0.5, 0.6) is 5.75 Å². The van der Waals surface area contributed by atoms with E-state index in [0.29, 0.717) is 17.9 Å². The number of halogens is 3. The molecule has 1 fully saturated rings. The lowest BCUT2D eigenvalue weighted by atomic mass is 9.98. The van der Waals surface area contributed by atoms with E-state index < -0.39 is 16.0 Å². The standard InChI is InChI=1S/C16H14BrCl2NO4S2/c17-13-4-5-14(25-13)26(22,23)20-8-6-10(7-9-20)16(21)24-12-3-1-2-11(18)15(12)19/h1-5,10H,6-9H2. The molecule has 0 bridgehead atoms. The van der Waals surface area contributed by atoms with Gasteiger partial charge >= 0.3 is 5.97 Å². The van der Waals surface area contributed by atoms with Crippen molar-refractivity contribution in [2.75, 3.05) is 13.1 Å². The monoisotopic (exact) mass is 497 g/mol. The largest absolute Gasteiger partial charge is 0.425 e. The van der Waals surface area contributed by atoms with Crippen LogP contribution in [0.2, 0.25) is 10.0 Å². The zero-order valence-electron chi connectivity index (χ0n) is 13.3. The fraction of sp³-hybridized carbons (Fsp3) is 0.312. The highest BCUT2D eigenvalue weighted by Gasteiger charge is 2.33. The lowest BCUT2D eigenvalue weighted by Gasteiger charge is -2.29. The molecule has 1 aliphatic heterocycles. The van der Waals surface area contributed by atoms with E-state index in [9.17, 15) is 13.2 Å². The summed E-state index contributed by atoms with van der Waals surface area (Å²) in [6.07, 6.45) is 0.783. The summed E-state index contributed by atoms with van der Waals surface area (Å²) in [6.45, 7) is 0.530. The number of ether oxygens (including phenoxy) is 1. The summed E-state index contributed by atoms with van der Waals surface area (Å²) in [4.78, 5) is 12.4. The van der Waals surface area contributed by atoms with Crippen LogP contribution in [0.3, 0.4) is 0 Å². The number of carbonyl (C=O) groups is 1. The number of esters is 1. The molecule has 0 aliphatic carbocycles. The Kier molecular flexibility index (Phi) is 6.31. The third-order valence-corrected chi connectivity index (χ3v) is 8.85. The van der Waals surface area contributed by atoms with Gasteiger partial charge in [0.1, 0.15) is 9.23 Å². The van der Waals surface area contributed by atoms with E-state index in [0.717, 1.165) is 3.79 Å². The molecule has 5 nitrogen and oxygen atoms in total. The smallest absolute Gasteiger partial charge is 0.314 e. The topological polar surface area (TPSA) is 63.7 Å². The van der Waals surface area contributed by atoms with Crippen LogP contribution in [-0.4, -0.2) is 31.8 Å². The van der Waals surface area contributed by atoms with Crippen molar-refractivity contribution < 1.29 is 17.9 Å². The van der Waals surface area contributed by atoms with E-state index in [1.54, 1.807) is 30.3 Å². The molecule has 0 unspecified atom stereocenters. The highest BCUT2D eigenvalue weighted by molar-refractivity contribution is 9.11. The Morgan fingerprint density at radius 3 is 2.50 bits per heavy atom. The maximum absolute atomic E-state index is 12.6. The van der Waals surface area contributed by atoms with Crippen molar-refractivity contribution in [3.8, 4) is 5.75 Å². The van der Waals surface area contributed by atoms with Crippen molar-refractivity contribution >= 4 is 66.5 Å². The van der Waals surface area contributed by atoms with Crippen LogP contribution < -0.4 is 4.74 Å². The lowest BCUT2D eigenvalue weighted by Crippen LogP contribution is -2.40. The molecular weight excluding hydrogens is 485 g/mol. The van der Waals surface area contributed by atoms with Crippen molar-refractivity contribution in [1.29, 1.82) is 0 Å². The van der Waals surface area contributed by atoms with Gasteiger partial charge in [0.05, 0.1) is 14.7 Å². The maximum atomic E-state index is 12.6. The predicted octanol–water partition coefficient (Wildman–Crippen LogP) is 4.82. The van der Waals surface area contributed by atoms with E-state index in [4.69, 9.17) is 27.9 Å². The second-order valence-electron chi connectivity index (χ2n) is 5.71. The molecule has 0 atom stereocenters. The highest BCUT2D eigenvalue weighted by atomic mass is 79.9. The number of piperidine rings is 1. The van der Waals surface area contributed by atoms with Crippen molar-refractivity contribution in [3.05, 3.63) is 44.2 Å². The maximum Gasteiger partial charge on any atom is 0.314 e. The first-order valence-electron chi connectivity index (χ1n) is 7.70. The van der Waals surface area contributed by atoms with Crippen molar-refractivity contribution in [1.82, 2.24) is 4.31 Å². The SMILES string of the molecule is O=C(Oc1cccc(Cl)c1Cl)C1CCN(S(=O)(=O)c2ccc(Br)s2)CC1. The summed E-state index contributed by atoms with van der Waals surface area (Å²) in [5.41, 5.74) is 0. The molecule has 0 saturated carbocycles. The Balaban J connectivity index is 1.63. The van der Waals surface area contributed by atoms with E-state index in [1.807, 2.05) is 0 Å². The summed E-state index contributed by atoms with van der Waals surface area (Å²) in [5.74, 6) is -0.598.